The van der Waals surface area contributed by atoms with Crippen molar-refractivity contribution in [1.82, 2.24) is 19.7 Å². The molecular formula is C30H21N5. The maximum Gasteiger partial charge on any atom is 0.164 e. The molecule has 0 aliphatic heterocycles. The van der Waals surface area contributed by atoms with E-state index in [-0.39, 0.29) is 0 Å². The fourth-order valence-electron chi connectivity index (χ4n) is 4.44. The van der Waals surface area contributed by atoms with Gasteiger partial charge in [-0.2, -0.15) is 0 Å². The van der Waals surface area contributed by atoms with Gasteiger partial charge >= 0.3 is 0 Å². The van der Waals surface area contributed by atoms with Gasteiger partial charge in [0.05, 0.1) is 17.6 Å². The summed E-state index contributed by atoms with van der Waals surface area (Å²) in [6.07, 6.45) is 7.65. The van der Waals surface area contributed by atoms with E-state index in [0.29, 0.717) is 6.54 Å². The second-order valence-electron chi connectivity index (χ2n) is 8.20. The molecule has 0 atom stereocenters. The Morgan fingerprint density at radius 1 is 0.771 bits per heavy atom. The molecule has 0 aliphatic carbocycles. The highest BCUT2D eigenvalue weighted by atomic mass is 15.3. The van der Waals surface area contributed by atoms with Gasteiger partial charge in [0, 0.05) is 27.7 Å². The summed E-state index contributed by atoms with van der Waals surface area (Å²) in [7, 11) is 0. The minimum Gasteiger partial charge on any atom is -0.313 e. The van der Waals surface area contributed by atoms with Gasteiger partial charge in [0.2, 0.25) is 0 Å². The minimum atomic E-state index is 0.355. The van der Waals surface area contributed by atoms with E-state index in [1.54, 1.807) is 0 Å². The van der Waals surface area contributed by atoms with Crippen LogP contribution in [0.15, 0.2) is 109 Å². The lowest BCUT2D eigenvalue weighted by Crippen LogP contribution is -2.19. The van der Waals surface area contributed by atoms with E-state index >= 15 is 0 Å². The molecule has 0 bridgehead atoms. The van der Waals surface area contributed by atoms with E-state index in [4.69, 9.17) is 6.42 Å². The lowest BCUT2D eigenvalue weighted by atomic mass is 10.0. The summed E-state index contributed by atoms with van der Waals surface area (Å²) in [5.41, 5.74) is 5.77. The van der Waals surface area contributed by atoms with Crippen LogP contribution in [0.5, 0.6) is 0 Å². The normalized spacial score (nSPS) is 10.9. The number of para-hydroxylation sites is 1. The first-order valence-corrected chi connectivity index (χ1v) is 11.4. The van der Waals surface area contributed by atoms with Gasteiger partial charge in [-0.1, -0.05) is 78.7 Å². The molecule has 0 spiro atoms. The zero-order chi connectivity index (χ0) is 23.6. The third kappa shape index (κ3) is 3.68. The molecule has 0 fully saturated rings. The topological polar surface area (TPSA) is 46.8 Å². The Morgan fingerprint density at radius 3 is 2.26 bits per heavy atom. The van der Waals surface area contributed by atoms with Gasteiger partial charge in [-0.25, -0.2) is 4.98 Å². The Balaban J connectivity index is 1.48. The van der Waals surface area contributed by atoms with Crippen LogP contribution < -0.4 is 4.90 Å². The van der Waals surface area contributed by atoms with Gasteiger partial charge in [-0.05, 0) is 30.3 Å². The van der Waals surface area contributed by atoms with Crippen LogP contribution in [0, 0.1) is 12.3 Å². The van der Waals surface area contributed by atoms with Crippen molar-refractivity contribution < 1.29 is 0 Å². The molecule has 0 saturated heterocycles. The molecule has 0 amide bonds. The summed E-state index contributed by atoms with van der Waals surface area (Å²) in [4.78, 5) is 6.68. The van der Waals surface area contributed by atoms with Crippen molar-refractivity contribution in [3.05, 3.63) is 109 Å². The highest BCUT2D eigenvalue weighted by Crippen LogP contribution is 2.35. The first kappa shape index (κ1) is 20.6. The second kappa shape index (κ2) is 8.77. The first-order chi connectivity index (χ1) is 17.3. The maximum absolute atomic E-state index is 5.80. The van der Waals surface area contributed by atoms with Crippen LogP contribution in [0.1, 0.15) is 0 Å². The summed E-state index contributed by atoms with van der Waals surface area (Å²) in [6, 6.07) is 34.6. The van der Waals surface area contributed by atoms with Crippen molar-refractivity contribution in [3.8, 4) is 29.3 Å². The number of anilines is 2. The molecule has 0 radical (unpaired) electrons. The maximum atomic E-state index is 5.80. The number of terminal acetylenes is 1. The second-order valence-corrected chi connectivity index (χ2v) is 8.20. The number of rotatable bonds is 5. The Bertz CT molecular complexity index is 1680. The van der Waals surface area contributed by atoms with E-state index < -0.39 is 0 Å². The average molecular weight is 452 g/mol. The highest BCUT2D eigenvalue weighted by Gasteiger charge is 2.18. The lowest BCUT2D eigenvalue weighted by Gasteiger charge is -2.23. The van der Waals surface area contributed by atoms with Crippen molar-refractivity contribution in [2.75, 3.05) is 11.4 Å². The molecule has 0 aliphatic rings. The molecule has 6 aromatic rings. The Hall–Kier alpha value is -4.95. The SMILES string of the molecule is C#CCN(c1ccc2c(c1)ncn2-c1ccccc1)c1nnc(-c2ccccc2)c2ccccc12. The van der Waals surface area contributed by atoms with Crippen LogP contribution in [0.4, 0.5) is 11.5 Å². The zero-order valence-corrected chi connectivity index (χ0v) is 18.9. The Kier molecular flexibility index (Phi) is 5.17. The fraction of sp³-hybridized carbons (Fsp3) is 0.0333. The third-order valence-corrected chi connectivity index (χ3v) is 6.10. The molecule has 0 unspecified atom stereocenters. The van der Waals surface area contributed by atoms with Crippen molar-refractivity contribution >= 4 is 33.3 Å². The lowest BCUT2D eigenvalue weighted by molar-refractivity contribution is 0.987. The van der Waals surface area contributed by atoms with Crippen molar-refractivity contribution in [1.29, 1.82) is 0 Å². The minimum absolute atomic E-state index is 0.355. The monoisotopic (exact) mass is 451 g/mol. The van der Waals surface area contributed by atoms with Crippen LogP contribution in [-0.2, 0) is 0 Å². The molecule has 5 heteroatoms. The van der Waals surface area contributed by atoms with Gasteiger partial charge in [0.15, 0.2) is 5.82 Å². The molecule has 35 heavy (non-hydrogen) atoms. The van der Waals surface area contributed by atoms with E-state index in [1.165, 1.54) is 0 Å². The fourth-order valence-corrected chi connectivity index (χ4v) is 4.44. The third-order valence-electron chi connectivity index (χ3n) is 6.10. The number of aromatic nitrogens is 4. The van der Waals surface area contributed by atoms with E-state index in [0.717, 1.165) is 50.3 Å². The van der Waals surface area contributed by atoms with Gasteiger partial charge in [-0.3, -0.25) is 4.57 Å². The van der Waals surface area contributed by atoms with Gasteiger partial charge in [-0.15, -0.1) is 16.6 Å². The molecule has 166 valence electrons. The van der Waals surface area contributed by atoms with E-state index in [2.05, 4.69) is 62.1 Å². The molecular weight excluding hydrogens is 430 g/mol. The first-order valence-electron chi connectivity index (χ1n) is 11.4. The van der Waals surface area contributed by atoms with Gasteiger partial charge < -0.3 is 4.90 Å². The summed E-state index contributed by atoms with van der Waals surface area (Å²) < 4.78 is 2.08. The quantitative estimate of drug-likeness (QED) is 0.284. The van der Waals surface area contributed by atoms with Crippen molar-refractivity contribution in [3.63, 3.8) is 0 Å². The van der Waals surface area contributed by atoms with E-state index in [9.17, 15) is 0 Å². The number of imidazole rings is 1. The van der Waals surface area contributed by atoms with Crippen molar-refractivity contribution in [2.24, 2.45) is 0 Å². The number of hydrogen-bond donors (Lipinski definition) is 0. The Labute approximate surface area is 203 Å². The average Bonchev–Trinajstić information content (AvgIpc) is 3.36. The molecule has 2 heterocycles. The van der Waals surface area contributed by atoms with Gasteiger partial charge in [0.25, 0.3) is 0 Å². The molecule has 4 aromatic carbocycles. The van der Waals surface area contributed by atoms with Crippen LogP contribution >= 0.6 is 0 Å². The predicted molar refractivity (Wildman–Crippen MR) is 142 cm³/mol. The highest BCUT2D eigenvalue weighted by molar-refractivity contribution is 6.01. The van der Waals surface area contributed by atoms with Crippen LogP contribution in [0.3, 0.4) is 0 Å². The van der Waals surface area contributed by atoms with Crippen LogP contribution in [0.25, 0.3) is 38.8 Å². The number of benzene rings is 4. The largest absolute Gasteiger partial charge is 0.313 e. The Morgan fingerprint density at radius 2 is 1.49 bits per heavy atom. The molecule has 2 aromatic heterocycles. The van der Waals surface area contributed by atoms with Crippen molar-refractivity contribution in [2.45, 2.75) is 0 Å². The number of fused-ring (bicyclic) bond motifs is 2. The molecule has 6 rings (SSSR count). The summed E-state index contributed by atoms with van der Waals surface area (Å²) in [5, 5.41) is 11.3. The van der Waals surface area contributed by atoms with Gasteiger partial charge in [0.1, 0.15) is 12.0 Å². The number of nitrogens with zero attached hydrogens (tertiary/aromatic N) is 5. The van der Waals surface area contributed by atoms with E-state index in [1.807, 2.05) is 78.0 Å². The van der Waals surface area contributed by atoms with Crippen LogP contribution in [-0.4, -0.2) is 26.3 Å². The summed E-state index contributed by atoms with van der Waals surface area (Å²) in [6.45, 7) is 0.355. The summed E-state index contributed by atoms with van der Waals surface area (Å²) in [5.74, 6) is 3.51. The predicted octanol–water partition coefficient (Wildman–Crippen LogP) is 6.41. The zero-order valence-electron chi connectivity index (χ0n) is 18.9. The smallest absolute Gasteiger partial charge is 0.164 e. The number of hydrogen-bond acceptors (Lipinski definition) is 4. The molecule has 0 saturated carbocycles. The van der Waals surface area contributed by atoms with Crippen LogP contribution in [0.2, 0.25) is 0 Å². The summed E-state index contributed by atoms with van der Waals surface area (Å²) >= 11 is 0. The molecule has 5 nitrogen and oxygen atoms in total. The molecule has 0 N–H and O–H groups in total. The standard InChI is InChI=1S/C30H21N5/c1-2-19-34(24-17-18-28-27(20-24)31-21-35(28)23-13-7-4-8-14-23)30-26-16-10-9-15-25(26)29(32-33-30)22-11-5-3-6-12-22/h1,3-18,20-21H,19H2.